The monoisotopic (exact) mass is 211 g/mol. The lowest BCUT2D eigenvalue weighted by Gasteiger charge is -2.46. The Bertz CT molecular complexity index is 240. The highest BCUT2D eigenvalue weighted by Gasteiger charge is 2.38. The Morgan fingerprint density at radius 2 is 1.80 bits per heavy atom. The number of primary amides is 1. The van der Waals surface area contributed by atoms with Gasteiger partial charge in [-0.25, -0.2) is 0 Å². The summed E-state index contributed by atoms with van der Waals surface area (Å²) in [5, 5.41) is 3.51. The van der Waals surface area contributed by atoms with E-state index in [0.717, 1.165) is 25.9 Å². The summed E-state index contributed by atoms with van der Waals surface area (Å²) in [7, 11) is 0. The summed E-state index contributed by atoms with van der Waals surface area (Å²) in [5.41, 5.74) is 5.27. The minimum atomic E-state index is -0.123. The fourth-order valence-electron chi connectivity index (χ4n) is 2.79. The normalized spacial score (nSPS) is 42.3. The molecule has 0 aromatic rings. The molecule has 1 saturated carbocycles. The second kappa shape index (κ2) is 4.10. The first-order chi connectivity index (χ1) is 7.06. The molecule has 1 aliphatic carbocycles. The summed E-state index contributed by atoms with van der Waals surface area (Å²) < 4.78 is 0. The molecule has 1 heterocycles. The van der Waals surface area contributed by atoms with Crippen LogP contribution in [0.2, 0.25) is 0 Å². The van der Waals surface area contributed by atoms with E-state index in [1.165, 1.54) is 0 Å². The number of carbonyl (C=O) groups excluding carboxylic acids is 1. The summed E-state index contributed by atoms with van der Waals surface area (Å²) in [4.78, 5) is 13.4. The zero-order valence-electron chi connectivity index (χ0n) is 9.57. The Balaban J connectivity index is 1.83. The van der Waals surface area contributed by atoms with Gasteiger partial charge in [0, 0.05) is 37.1 Å². The quantitative estimate of drug-likeness (QED) is 0.672. The fraction of sp³-hybridized carbons (Fsp3) is 0.909. The summed E-state index contributed by atoms with van der Waals surface area (Å²) >= 11 is 0. The highest BCUT2D eigenvalue weighted by molar-refractivity contribution is 5.77. The maximum absolute atomic E-state index is 10.9. The molecule has 1 amide bonds. The first-order valence-corrected chi connectivity index (χ1v) is 5.85. The fourth-order valence-corrected chi connectivity index (χ4v) is 2.79. The second-order valence-corrected chi connectivity index (χ2v) is 5.15. The van der Waals surface area contributed by atoms with E-state index in [0.29, 0.717) is 18.1 Å². The van der Waals surface area contributed by atoms with Gasteiger partial charge >= 0.3 is 0 Å². The van der Waals surface area contributed by atoms with Crippen LogP contribution in [0.25, 0.3) is 0 Å². The van der Waals surface area contributed by atoms with E-state index < -0.39 is 0 Å². The van der Waals surface area contributed by atoms with Gasteiger partial charge in [0.05, 0.1) is 0 Å². The van der Waals surface area contributed by atoms with Crippen molar-refractivity contribution in [1.82, 2.24) is 10.2 Å². The Morgan fingerprint density at radius 1 is 1.27 bits per heavy atom. The van der Waals surface area contributed by atoms with Crippen LogP contribution in [-0.2, 0) is 4.79 Å². The molecule has 2 atom stereocenters. The number of rotatable bonds is 2. The van der Waals surface area contributed by atoms with Crippen LogP contribution in [0.4, 0.5) is 0 Å². The third-order valence-corrected chi connectivity index (χ3v) is 3.62. The van der Waals surface area contributed by atoms with Gasteiger partial charge in [0.25, 0.3) is 0 Å². The molecule has 4 heteroatoms. The number of nitrogens with two attached hydrogens (primary N) is 1. The van der Waals surface area contributed by atoms with Crippen molar-refractivity contribution in [2.24, 2.45) is 11.7 Å². The first kappa shape index (κ1) is 10.9. The van der Waals surface area contributed by atoms with Crippen LogP contribution in [0.5, 0.6) is 0 Å². The van der Waals surface area contributed by atoms with E-state index in [2.05, 4.69) is 24.1 Å². The maximum atomic E-state index is 10.9. The number of carbonyl (C=O) groups is 1. The predicted octanol–water partition coefficient (Wildman–Crippen LogP) is -0.0675. The Hall–Kier alpha value is -0.610. The van der Waals surface area contributed by atoms with Crippen molar-refractivity contribution in [2.45, 2.75) is 44.8 Å². The summed E-state index contributed by atoms with van der Waals surface area (Å²) in [6.07, 6.45) is 1.93. The summed E-state index contributed by atoms with van der Waals surface area (Å²) in [5.74, 6) is 0.0120. The van der Waals surface area contributed by atoms with Crippen LogP contribution >= 0.6 is 0 Å². The highest BCUT2D eigenvalue weighted by Crippen LogP contribution is 2.32. The van der Waals surface area contributed by atoms with Gasteiger partial charge < -0.3 is 11.1 Å². The van der Waals surface area contributed by atoms with E-state index in [4.69, 9.17) is 5.73 Å². The average Bonchev–Trinajstić information content (AvgIpc) is 1.97. The van der Waals surface area contributed by atoms with Crippen LogP contribution < -0.4 is 11.1 Å². The van der Waals surface area contributed by atoms with E-state index in [1.807, 2.05) is 0 Å². The lowest BCUT2D eigenvalue weighted by molar-refractivity contribution is -0.126. The molecule has 1 saturated heterocycles. The predicted molar refractivity (Wildman–Crippen MR) is 59.3 cm³/mol. The topological polar surface area (TPSA) is 58.4 Å². The summed E-state index contributed by atoms with van der Waals surface area (Å²) in [6, 6.07) is 1.71. The minimum absolute atomic E-state index is 0.123. The summed E-state index contributed by atoms with van der Waals surface area (Å²) in [6.45, 7) is 6.63. The number of nitrogens with one attached hydrogen (secondary N) is 1. The molecule has 86 valence electrons. The van der Waals surface area contributed by atoms with Gasteiger partial charge in [-0.1, -0.05) is 0 Å². The molecule has 0 spiro atoms. The standard InChI is InChI=1S/C11H21N3O/c1-7-5-14(6-8(2)13-7)10-3-9(4-10)11(12)15/h7-10,13H,3-6H2,1-2H3,(H2,12,15). The van der Waals surface area contributed by atoms with Crippen molar-refractivity contribution in [2.75, 3.05) is 13.1 Å². The molecule has 0 bridgehead atoms. The molecule has 0 radical (unpaired) electrons. The number of amides is 1. The molecular formula is C11H21N3O. The Kier molecular flexibility index (Phi) is 2.98. The largest absolute Gasteiger partial charge is 0.369 e. The molecule has 4 nitrogen and oxygen atoms in total. The Morgan fingerprint density at radius 3 is 2.27 bits per heavy atom. The van der Waals surface area contributed by atoms with Gasteiger partial charge in [-0.3, -0.25) is 9.69 Å². The Labute approximate surface area is 91.2 Å². The van der Waals surface area contributed by atoms with Crippen LogP contribution in [0.15, 0.2) is 0 Å². The van der Waals surface area contributed by atoms with Crippen molar-refractivity contribution in [3.63, 3.8) is 0 Å². The molecule has 3 N–H and O–H groups in total. The number of piperazine rings is 1. The third kappa shape index (κ3) is 2.32. The van der Waals surface area contributed by atoms with Crippen molar-refractivity contribution in [3.8, 4) is 0 Å². The van der Waals surface area contributed by atoms with Crippen molar-refractivity contribution in [3.05, 3.63) is 0 Å². The van der Waals surface area contributed by atoms with Gasteiger partial charge in [-0.05, 0) is 26.7 Å². The SMILES string of the molecule is CC1CN(C2CC(C(N)=O)C2)CC(C)N1. The van der Waals surface area contributed by atoms with Gasteiger partial charge in [-0.2, -0.15) is 0 Å². The van der Waals surface area contributed by atoms with Gasteiger partial charge in [0.2, 0.25) is 5.91 Å². The molecule has 1 aliphatic heterocycles. The average molecular weight is 211 g/mol. The van der Waals surface area contributed by atoms with Gasteiger partial charge in [0.1, 0.15) is 0 Å². The molecule has 2 fully saturated rings. The molecule has 2 aliphatic rings. The molecule has 2 rings (SSSR count). The number of hydrogen-bond donors (Lipinski definition) is 2. The van der Waals surface area contributed by atoms with Gasteiger partial charge in [-0.15, -0.1) is 0 Å². The lowest BCUT2D eigenvalue weighted by atomic mass is 9.78. The molecule has 2 unspecified atom stereocenters. The molecule has 15 heavy (non-hydrogen) atoms. The van der Waals surface area contributed by atoms with Crippen molar-refractivity contribution >= 4 is 5.91 Å². The van der Waals surface area contributed by atoms with Crippen molar-refractivity contribution < 1.29 is 4.79 Å². The van der Waals surface area contributed by atoms with Crippen LogP contribution in [-0.4, -0.2) is 42.0 Å². The maximum Gasteiger partial charge on any atom is 0.220 e. The zero-order chi connectivity index (χ0) is 11.0. The lowest BCUT2D eigenvalue weighted by Crippen LogP contribution is -2.60. The highest BCUT2D eigenvalue weighted by atomic mass is 16.1. The van der Waals surface area contributed by atoms with E-state index >= 15 is 0 Å². The second-order valence-electron chi connectivity index (χ2n) is 5.15. The first-order valence-electron chi connectivity index (χ1n) is 5.85. The van der Waals surface area contributed by atoms with Crippen LogP contribution in [0.1, 0.15) is 26.7 Å². The smallest absolute Gasteiger partial charge is 0.220 e. The zero-order valence-corrected chi connectivity index (χ0v) is 9.57. The van der Waals surface area contributed by atoms with E-state index in [-0.39, 0.29) is 11.8 Å². The molecule has 0 aromatic carbocycles. The minimum Gasteiger partial charge on any atom is -0.369 e. The number of nitrogens with zero attached hydrogens (tertiary/aromatic N) is 1. The molecule has 0 aromatic heterocycles. The third-order valence-electron chi connectivity index (χ3n) is 3.62. The van der Waals surface area contributed by atoms with Crippen LogP contribution in [0.3, 0.4) is 0 Å². The van der Waals surface area contributed by atoms with E-state index in [9.17, 15) is 4.79 Å². The van der Waals surface area contributed by atoms with Crippen LogP contribution in [0, 0.1) is 5.92 Å². The van der Waals surface area contributed by atoms with E-state index in [1.54, 1.807) is 0 Å². The van der Waals surface area contributed by atoms with Gasteiger partial charge in [0.15, 0.2) is 0 Å². The molecular weight excluding hydrogens is 190 g/mol. The number of hydrogen-bond acceptors (Lipinski definition) is 3. The van der Waals surface area contributed by atoms with Crippen molar-refractivity contribution in [1.29, 1.82) is 0 Å².